The number of amides is 1. The van der Waals surface area contributed by atoms with Gasteiger partial charge >= 0.3 is 6.18 Å². The molecule has 0 atom stereocenters. The van der Waals surface area contributed by atoms with Crippen LogP contribution in [0.3, 0.4) is 0 Å². The summed E-state index contributed by atoms with van der Waals surface area (Å²) in [5.41, 5.74) is 0.374. The number of carbonyl (C=O) groups excluding carboxylic acids is 1. The van der Waals surface area contributed by atoms with Gasteiger partial charge in [-0.2, -0.15) is 18.3 Å². The molecular formula is C21H23F3N4O. The molecule has 8 heteroatoms. The summed E-state index contributed by atoms with van der Waals surface area (Å²) in [6.45, 7) is 8.96. The predicted molar refractivity (Wildman–Crippen MR) is 106 cm³/mol. The minimum absolute atomic E-state index is 0.232. The van der Waals surface area contributed by atoms with E-state index in [1.807, 2.05) is 26.0 Å². The summed E-state index contributed by atoms with van der Waals surface area (Å²) in [4.78, 5) is 16.7. The smallest absolute Gasteiger partial charge is 0.325 e. The van der Waals surface area contributed by atoms with Crippen molar-refractivity contribution in [2.24, 2.45) is 5.41 Å². The van der Waals surface area contributed by atoms with Gasteiger partial charge in [-0.3, -0.25) is 4.79 Å². The molecular weight excluding hydrogens is 381 g/mol. The van der Waals surface area contributed by atoms with Crippen LogP contribution >= 0.6 is 0 Å². The number of nitrogens with one attached hydrogen (secondary N) is 1. The van der Waals surface area contributed by atoms with Gasteiger partial charge in [-0.05, 0) is 30.2 Å². The quantitative estimate of drug-likeness (QED) is 0.625. The van der Waals surface area contributed by atoms with Gasteiger partial charge in [-0.25, -0.2) is 9.50 Å². The molecule has 0 aliphatic heterocycles. The molecule has 1 aromatic carbocycles. The van der Waals surface area contributed by atoms with E-state index in [4.69, 9.17) is 0 Å². The van der Waals surface area contributed by atoms with Crippen LogP contribution in [-0.2, 0) is 11.0 Å². The van der Waals surface area contributed by atoms with Crippen LogP contribution in [-0.4, -0.2) is 20.5 Å². The van der Waals surface area contributed by atoms with Gasteiger partial charge in [-0.1, -0.05) is 40.7 Å². The van der Waals surface area contributed by atoms with Crippen molar-refractivity contribution < 1.29 is 18.0 Å². The second-order valence-electron chi connectivity index (χ2n) is 8.30. The second-order valence-corrected chi connectivity index (χ2v) is 8.30. The average molecular weight is 404 g/mol. The maximum atomic E-state index is 13.4. The minimum Gasteiger partial charge on any atom is -0.325 e. The largest absolute Gasteiger partial charge is 0.418 e. The van der Waals surface area contributed by atoms with E-state index in [0.717, 1.165) is 11.8 Å². The predicted octanol–water partition coefficient (Wildman–Crippen LogP) is 5.52. The van der Waals surface area contributed by atoms with E-state index >= 15 is 0 Å². The van der Waals surface area contributed by atoms with E-state index in [-0.39, 0.29) is 11.6 Å². The number of halogens is 3. The topological polar surface area (TPSA) is 59.3 Å². The molecule has 0 aliphatic carbocycles. The fraction of sp³-hybridized carbons (Fsp3) is 0.381. The Kier molecular flexibility index (Phi) is 5.15. The molecule has 154 valence electrons. The lowest BCUT2D eigenvalue weighted by Gasteiger charge is -2.20. The number of hydrogen-bond acceptors (Lipinski definition) is 3. The zero-order valence-electron chi connectivity index (χ0n) is 16.9. The number of fused-ring (bicyclic) bond motifs is 1. The Bertz CT molecular complexity index is 1060. The van der Waals surface area contributed by atoms with Gasteiger partial charge in [0.2, 0.25) is 5.91 Å². The SMILES string of the molecule is CC(C)c1ccc2nc(-c3ccc(C(F)(F)F)c(NC(=O)C(C)(C)C)c3)cn2n1. The molecule has 0 aliphatic rings. The molecule has 0 saturated heterocycles. The van der Waals surface area contributed by atoms with Crippen LogP contribution in [0.25, 0.3) is 16.9 Å². The van der Waals surface area contributed by atoms with Crippen molar-refractivity contribution in [3.8, 4) is 11.3 Å². The summed E-state index contributed by atoms with van der Waals surface area (Å²) in [5.74, 6) is -0.270. The molecule has 5 nitrogen and oxygen atoms in total. The summed E-state index contributed by atoms with van der Waals surface area (Å²) in [5, 5.41) is 6.90. The summed E-state index contributed by atoms with van der Waals surface area (Å²) in [6.07, 6.45) is -2.93. The molecule has 0 radical (unpaired) electrons. The molecule has 0 fully saturated rings. The average Bonchev–Trinajstić information content (AvgIpc) is 3.03. The second kappa shape index (κ2) is 7.17. The Labute approximate surface area is 167 Å². The standard InChI is InChI=1S/C21H23F3N4O/c1-12(2)15-8-9-18-25-17(11-28(18)27-15)13-6-7-14(21(22,23)24)16(10-13)26-19(29)20(3,4)5/h6-12H,1-5H3,(H,26,29). The number of rotatable bonds is 3. The van der Waals surface area contributed by atoms with Gasteiger partial charge in [0.25, 0.3) is 0 Å². The van der Waals surface area contributed by atoms with E-state index in [2.05, 4.69) is 15.4 Å². The first kappa shape index (κ1) is 20.8. The van der Waals surface area contributed by atoms with Crippen molar-refractivity contribution in [2.75, 3.05) is 5.32 Å². The molecule has 2 aromatic heterocycles. The van der Waals surface area contributed by atoms with Gasteiger partial charge < -0.3 is 5.32 Å². The summed E-state index contributed by atoms with van der Waals surface area (Å²) >= 11 is 0. The van der Waals surface area contributed by atoms with Crippen LogP contribution < -0.4 is 5.32 Å². The lowest BCUT2D eigenvalue weighted by molar-refractivity contribution is -0.137. The van der Waals surface area contributed by atoms with Crippen LogP contribution in [0.15, 0.2) is 36.5 Å². The van der Waals surface area contributed by atoms with Crippen LogP contribution in [0.5, 0.6) is 0 Å². The van der Waals surface area contributed by atoms with E-state index < -0.39 is 23.1 Å². The first-order valence-electron chi connectivity index (χ1n) is 9.25. The number of anilines is 1. The Hall–Kier alpha value is -2.90. The Morgan fingerprint density at radius 1 is 1.10 bits per heavy atom. The first-order valence-corrected chi connectivity index (χ1v) is 9.25. The highest BCUT2D eigenvalue weighted by atomic mass is 19.4. The van der Waals surface area contributed by atoms with Crippen molar-refractivity contribution in [3.63, 3.8) is 0 Å². The summed E-state index contributed by atoms with van der Waals surface area (Å²) < 4.78 is 41.9. The molecule has 3 aromatic rings. The van der Waals surface area contributed by atoms with Crippen molar-refractivity contribution in [1.29, 1.82) is 0 Å². The molecule has 0 unspecified atom stereocenters. The van der Waals surface area contributed by atoms with E-state index in [1.54, 1.807) is 31.5 Å². The van der Waals surface area contributed by atoms with Crippen LogP contribution in [0.4, 0.5) is 18.9 Å². The maximum Gasteiger partial charge on any atom is 0.418 e. The van der Waals surface area contributed by atoms with Crippen molar-refractivity contribution in [1.82, 2.24) is 14.6 Å². The highest BCUT2D eigenvalue weighted by Gasteiger charge is 2.35. The van der Waals surface area contributed by atoms with Gasteiger partial charge in [0.05, 0.1) is 28.8 Å². The van der Waals surface area contributed by atoms with E-state index in [9.17, 15) is 18.0 Å². The number of benzene rings is 1. The molecule has 3 rings (SSSR count). The van der Waals surface area contributed by atoms with E-state index in [0.29, 0.717) is 16.9 Å². The molecule has 0 spiro atoms. The van der Waals surface area contributed by atoms with Crippen molar-refractivity contribution >= 4 is 17.2 Å². The Balaban J connectivity index is 2.07. The number of carbonyl (C=O) groups is 1. The third-order valence-corrected chi connectivity index (χ3v) is 4.48. The first-order chi connectivity index (χ1) is 13.4. The fourth-order valence-electron chi connectivity index (χ4n) is 2.71. The van der Waals surface area contributed by atoms with Crippen LogP contribution in [0, 0.1) is 5.41 Å². The zero-order chi connectivity index (χ0) is 21.6. The molecule has 29 heavy (non-hydrogen) atoms. The number of imidazole rings is 1. The summed E-state index contributed by atoms with van der Waals surface area (Å²) in [6, 6.07) is 7.31. The molecule has 1 N–H and O–H groups in total. The number of aromatic nitrogens is 3. The van der Waals surface area contributed by atoms with Gasteiger partial charge in [0, 0.05) is 11.0 Å². The number of hydrogen-bond donors (Lipinski definition) is 1. The molecule has 1 amide bonds. The Morgan fingerprint density at radius 2 is 1.79 bits per heavy atom. The third kappa shape index (κ3) is 4.41. The van der Waals surface area contributed by atoms with Crippen molar-refractivity contribution in [3.05, 3.63) is 47.8 Å². The van der Waals surface area contributed by atoms with Gasteiger partial charge in [0.15, 0.2) is 5.65 Å². The van der Waals surface area contributed by atoms with Crippen molar-refractivity contribution in [2.45, 2.75) is 46.7 Å². The normalized spacial score (nSPS) is 12.6. The number of alkyl halides is 3. The third-order valence-electron chi connectivity index (χ3n) is 4.48. The van der Waals surface area contributed by atoms with Gasteiger partial charge in [0.1, 0.15) is 0 Å². The lowest BCUT2D eigenvalue weighted by Crippen LogP contribution is -2.28. The fourth-order valence-corrected chi connectivity index (χ4v) is 2.71. The minimum atomic E-state index is -4.59. The molecule has 2 heterocycles. The summed E-state index contributed by atoms with van der Waals surface area (Å²) in [7, 11) is 0. The zero-order valence-corrected chi connectivity index (χ0v) is 16.9. The Morgan fingerprint density at radius 3 is 2.38 bits per heavy atom. The van der Waals surface area contributed by atoms with Crippen LogP contribution in [0.2, 0.25) is 0 Å². The lowest BCUT2D eigenvalue weighted by atomic mass is 9.95. The number of nitrogens with zero attached hydrogens (tertiary/aromatic N) is 3. The monoisotopic (exact) mass is 404 g/mol. The molecule has 0 saturated carbocycles. The highest BCUT2D eigenvalue weighted by molar-refractivity contribution is 5.96. The van der Waals surface area contributed by atoms with Gasteiger partial charge in [-0.15, -0.1) is 0 Å². The molecule has 0 bridgehead atoms. The van der Waals surface area contributed by atoms with Crippen LogP contribution in [0.1, 0.15) is 51.8 Å². The van der Waals surface area contributed by atoms with E-state index in [1.165, 1.54) is 12.1 Å². The highest BCUT2D eigenvalue weighted by Crippen LogP contribution is 2.37. The maximum absolute atomic E-state index is 13.4.